The number of carbonyl (C=O) groups excluding carboxylic acids is 1. The average Bonchev–Trinajstić information content (AvgIpc) is 3.84. The fourth-order valence-corrected chi connectivity index (χ4v) is 7.47. The Hall–Kier alpha value is -4.72. The second-order valence-corrected chi connectivity index (χ2v) is 14.3. The molecule has 2 heterocycles. The molecule has 0 saturated carbocycles. The van der Waals surface area contributed by atoms with Crippen LogP contribution in [0.15, 0.2) is 81.1 Å². The van der Waals surface area contributed by atoms with Gasteiger partial charge in [0, 0.05) is 62.3 Å². The number of aliphatic hydroxyl groups is 2. The number of aliphatic hydroxyl groups excluding tert-OH is 2. The van der Waals surface area contributed by atoms with Crippen molar-refractivity contribution in [1.82, 2.24) is 0 Å². The van der Waals surface area contributed by atoms with Crippen LogP contribution in [0.5, 0.6) is 11.5 Å². The molecule has 7 unspecified atom stereocenters. The number of nitro benzene ring substituents is 1. The highest BCUT2D eigenvalue weighted by atomic mass is 31.2. The SMILES string of the molecule is [3H]C1CC(OP(=O)([O-])OCC(CO)C2CCC[NH+]2C(=O)CN(CC)c2ccc(N=Nc3cc(OC)c(N=Nc4ccc([N+](=O)[O-])cc4)cc3OC)cc2)C(CO)O1. The molecule has 0 spiro atoms. The van der Waals surface area contributed by atoms with Crippen LogP contribution in [0, 0.1) is 16.0 Å². The van der Waals surface area contributed by atoms with Crippen LogP contribution in [0.3, 0.4) is 0 Å². The molecule has 2 saturated heterocycles. The quantitative estimate of drug-likeness (QED) is 0.0670. The number of nitro groups is 1. The molecule has 0 aromatic heterocycles. The molecule has 0 bridgehead atoms. The van der Waals surface area contributed by atoms with E-state index in [4.69, 9.17) is 24.6 Å². The zero-order valence-corrected chi connectivity index (χ0v) is 32.0. The van der Waals surface area contributed by atoms with Gasteiger partial charge in [0.1, 0.15) is 41.6 Å². The molecule has 2 aliphatic heterocycles. The van der Waals surface area contributed by atoms with Crippen molar-refractivity contribution >= 4 is 47.9 Å². The first kappa shape index (κ1) is 40.9. The summed E-state index contributed by atoms with van der Waals surface area (Å²) in [5.74, 6) is -0.105. The van der Waals surface area contributed by atoms with Crippen molar-refractivity contribution in [3.63, 3.8) is 0 Å². The van der Waals surface area contributed by atoms with Crippen LogP contribution in [0.1, 0.15) is 27.6 Å². The van der Waals surface area contributed by atoms with Crippen LogP contribution in [0.25, 0.3) is 0 Å². The summed E-state index contributed by atoms with van der Waals surface area (Å²) < 4.78 is 46.6. The summed E-state index contributed by atoms with van der Waals surface area (Å²) in [7, 11) is -1.95. The molecule has 2 aliphatic rings. The van der Waals surface area contributed by atoms with E-state index >= 15 is 0 Å². The van der Waals surface area contributed by atoms with Crippen molar-refractivity contribution in [1.29, 1.82) is 0 Å². The molecule has 0 aliphatic carbocycles. The first-order valence-electron chi connectivity index (χ1n) is 18.5. The summed E-state index contributed by atoms with van der Waals surface area (Å²) in [5, 5.41) is 47.6. The number of non-ortho nitro benzene ring substituents is 1. The Morgan fingerprint density at radius 1 is 1.04 bits per heavy atom. The lowest BCUT2D eigenvalue weighted by molar-refractivity contribution is -0.838. The van der Waals surface area contributed by atoms with E-state index in [0.717, 1.165) is 5.69 Å². The fraction of sp³-hybridized carbons (Fsp3) is 0.472. The number of nitrogens with zero attached hydrogens (tertiary/aromatic N) is 6. The van der Waals surface area contributed by atoms with E-state index in [-0.39, 0.29) is 30.6 Å². The summed E-state index contributed by atoms with van der Waals surface area (Å²) in [6, 6.07) is 15.5. The van der Waals surface area contributed by atoms with Crippen molar-refractivity contribution in [3.8, 4) is 11.5 Å². The number of ether oxygens (including phenoxy) is 3. The lowest BCUT2D eigenvalue weighted by Gasteiger charge is -2.32. The Morgan fingerprint density at radius 2 is 1.64 bits per heavy atom. The van der Waals surface area contributed by atoms with Crippen LogP contribution in [-0.4, -0.2) is 99.6 Å². The first-order valence-corrected chi connectivity index (χ1v) is 19.4. The molecular weight excluding hydrogens is 753 g/mol. The van der Waals surface area contributed by atoms with Gasteiger partial charge in [0.15, 0.2) is 0 Å². The topological polar surface area (TPSA) is 244 Å². The van der Waals surface area contributed by atoms with Crippen LogP contribution in [0.4, 0.5) is 34.1 Å². The number of carbonyl (C=O) groups is 1. The highest BCUT2D eigenvalue weighted by Gasteiger charge is 2.41. The Kier molecular flexibility index (Phi) is 14.6. The Bertz CT molecular complexity index is 1940. The summed E-state index contributed by atoms with van der Waals surface area (Å²) in [5.41, 5.74) is 2.31. The number of amides is 1. The molecule has 2 fully saturated rings. The molecule has 3 aromatic carbocycles. The summed E-state index contributed by atoms with van der Waals surface area (Å²) >= 11 is 0. The second kappa shape index (κ2) is 19.9. The molecule has 302 valence electrons. The number of quaternary nitrogens is 1. The van der Waals surface area contributed by atoms with E-state index in [1.165, 1.54) is 38.5 Å². The molecule has 3 N–H and O–H groups in total. The monoisotopic (exact) mass is 801 g/mol. The van der Waals surface area contributed by atoms with Gasteiger partial charge in [-0.1, -0.05) is 0 Å². The molecule has 19 nitrogen and oxygen atoms in total. The van der Waals surface area contributed by atoms with Gasteiger partial charge in [-0.3, -0.25) is 19.6 Å². The number of phosphoric acid groups is 1. The molecule has 7 atom stereocenters. The second-order valence-electron chi connectivity index (χ2n) is 12.9. The van der Waals surface area contributed by atoms with Crippen LogP contribution < -0.4 is 24.2 Å². The lowest BCUT2D eigenvalue weighted by Crippen LogP contribution is -3.17. The maximum atomic E-state index is 13.7. The van der Waals surface area contributed by atoms with Gasteiger partial charge in [0.05, 0.1) is 70.3 Å². The normalized spacial score (nSPS) is 22.9. The lowest BCUT2D eigenvalue weighted by atomic mass is 9.99. The molecule has 0 radical (unpaired) electrons. The number of hydrogen-bond donors (Lipinski definition) is 3. The van der Waals surface area contributed by atoms with Crippen LogP contribution in [0.2, 0.25) is 0 Å². The predicted octanol–water partition coefficient (Wildman–Crippen LogP) is 4.10. The number of phosphoric ester groups is 1. The number of rotatable bonds is 19. The van der Waals surface area contributed by atoms with Crippen molar-refractivity contribution < 1.29 is 58.9 Å². The van der Waals surface area contributed by atoms with Gasteiger partial charge in [-0.05, 0) is 43.3 Å². The molecule has 1 amide bonds. The first-order chi connectivity index (χ1) is 27.4. The Labute approximate surface area is 324 Å². The standard InChI is InChI=1S/C36H46N7O12P/c1-4-41(20-36(46)42-16-5-6-31(42)24(21-44)23-54-56(49,50)55-32-15-17-53-35(32)22-45)27-11-7-25(8-12-27)37-39-29-18-34(52-3)30(19-33(29)51-2)40-38-26-9-13-28(14-10-26)43(47)48/h7-14,18-19,24,31-32,35,44-45H,4-6,15-17,20-23H2,1-3H3,(H,49,50)/i17T. The third-order valence-corrected chi connectivity index (χ3v) is 10.5. The average molecular weight is 802 g/mol. The number of benzene rings is 3. The third-order valence-electron chi connectivity index (χ3n) is 9.49. The maximum absolute atomic E-state index is 13.7. The molecule has 3 aromatic rings. The van der Waals surface area contributed by atoms with Gasteiger partial charge in [0.25, 0.3) is 13.5 Å². The number of hydrogen-bond acceptors (Lipinski definition) is 17. The third kappa shape index (κ3) is 11.0. The van der Waals surface area contributed by atoms with Crippen molar-refractivity contribution in [2.45, 2.75) is 44.4 Å². The number of azo groups is 2. The molecule has 20 heteroatoms. The highest BCUT2D eigenvalue weighted by Crippen LogP contribution is 2.43. The molecule has 5 rings (SSSR count). The largest absolute Gasteiger partial charge is 0.756 e. The minimum atomic E-state index is -4.88. The van der Waals surface area contributed by atoms with E-state index in [1.54, 1.807) is 24.3 Å². The zero-order chi connectivity index (χ0) is 41.1. The number of nitrogens with one attached hydrogen (secondary N) is 1. The van der Waals surface area contributed by atoms with E-state index in [2.05, 4.69) is 20.5 Å². The highest BCUT2D eigenvalue weighted by molar-refractivity contribution is 7.45. The zero-order valence-electron chi connectivity index (χ0n) is 32.1. The predicted molar refractivity (Wildman–Crippen MR) is 200 cm³/mol. The Morgan fingerprint density at radius 3 is 2.18 bits per heavy atom. The van der Waals surface area contributed by atoms with E-state index < -0.39 is 57.3 Å². The van der Waals surface area contributed by atoms with Crippen LogP contribution in [-0.2, 0) is 23.1 Å². The number of likely N-dealkylation sites (N-methyl/N-ethyl adjacent to an activating group) is 1. The minimum absolute atomic E-state index is 0.0501. The van der Waals surface area contributed by atoms with Gasteiger partial charge < -0.3 is 43.3 Å². The smallest absolute Gasteiger partial charge is 0.331 e. The van der Waals surface area contributed by atoms with E-state index in [1.807, 2.05) is 24.0 Å². The van der Waals surface area contributed by atoms with Gasteiger partial charge >= 0.3 is 5.91 Å². The summed E-state index contributed by atoms with van der Waals surface area (Å²) in [4.78, 5) is 39.2. The number of likely N-dealkylation sites (tertiary alicyclic amines) is 1. The number of anilines is 1. The van der Waals surface area contributed by atoms with Gasteiger partial charge in [-0.25, -0.2) is 4.79 Å². The van der Waals surface area contributed by atoms with Gasteiger partial charge in [-0.15, -0.1) is 10.2 Å². The maximum Gasteiger partial charge on any atom is 0.331 e. The fourth-order valence-electron chi connectivity index (χ4n) is 6.48. The van der Waals surface area contributed by atoms with Gasteiger partial charge in [0.2, 0.25) is 0 Å². The van der Waals surface area contributed by atoms with Crippen LogP contribution >= 0.6 is 7.82 Å². The number of methoxy groups -OCH3 is 2. The molecule has 56 heavy (non-hydrogen) atoms. The van der Waals surface area contributed by atoms with Crippen molar-refractivity contribution in [3.05, 3.63) is 70.8 Å². The summed E-state index contributed by atoms with van der Waals surface area (Å²) in [6.45, 7) is 0.665. The summed E-state index contributed by atoms with van der Waals surface area (Å²) in [6.07, 6.45) is -0.793. The minimum Gasteiger partial charge on any atom is -0.756 e. The Balaban J connectivity index is 1.20. The molecular formula is C36H46N7O12P. The van der Waals surface area contributed by atoms with Crippen molar-refractivity contribution in [2.24, 2.45) is 26.4 Å². The van der Waals surface area contributed by atoms with E-state index in [0.29, 0.717) is 65.1 Å². The van der Waals surface area contributed by atoms with Gasteiger partial charge in [-0.2, -0.15) is 10.2 Å². The van der Waals surface area contributed by atoms with E-state index in [9.17, 15) is 34.6 Å². The van der Waals surface area contributed by atoms with Crippen molar-refractivity contribution in [2.75, 3.05) is 65.2 Å².